The second kappa shape index (κ2) is 5.15. The van der Waals surface area contributed by atoms with Crippen LogP contribution in [0.5, 0.6) is 0 Å². The van der Waals surface area contributed by atoms with E-state index in [0.29, 0.717) is 25.9 Å². The quantitative estimate of drug-likeness (QED) is 0.844. The fourth-order valence-corrected chi connectivity index (χ4v) is 2.97. The number of carbonyl (C=O) groups is 2. The fraction of sp³-hybridized carbons (Fsp3) is 0.467. The zero-order valence-electron chi connectivity index (χ0n) is 11.4. The third kappa shape index (κ3) is 2.35. The first kappa shape index (κ1) is 13.0. The summed E-state index contributed by atoms with van der Waals surface area (Å²) in [5, 5.41) is 3.29. The second-order valence-electron chi connectivity index (χ2n) is 5.52. The van der Waals surface area contributed by atoms with Crippen molar-refractivity contribution < 1.29 is 9.59 Å². The molecule has 1 aromatic carbocycles. The van der Waals surface area contributed by atoms with Crippen molar-refractivity contribution in [3.8, 4) is 0 Å². The zero-order chi connectivity index (χ0) is 14.1. The number of hydrogen-bond acceptors (Lipinski definition) is 3. The lowest BCUT2D eigenvalue weighted by atomic mass is 9.95. The van der Waals surface area contributed by atoms with Crippen LogP contribution in [0.4, 0.5) is 5.69 Å². The van der Waals surface area contributed by atoms with Crippen LogP contribution in [0.1, 0.15) is 28.8 Å². The smallest absolute Gasteiger partial charge is 0.253 e. The van der Waals surface area contributed by atoms with Gasteiger partial charge in [-0.05, 0) is 37.0 Å². The molecule has 2 aliphatic rings. The zero-order valence-corrected chi connectivity index (χ0v) is 11.4. The van der Waals surface area contributed by atoms with Crippen molar-refractivity contribution in [2.45, 2.75) is 19.3 Å². The van der Waals surface area contributed by atoms with E-state index in [-0.39, 0.29) is 17.7 Å². The average Bonchev–Trinajstić information content (AvgIpc) is 2.94. The van der Waals surface area contributed by atoms with Crippen molar-refractivity contribution in [1.82, 2.24) is 4.90 Å². The Morgan fingerprint density at radius 3 is 2.70 bits per heavy atom. The van der Waals surface area contributed by atoms with Crippen molar-refractivity contribution >= 4 is 17.5 Å². The number of anilines is 1. The van der Waals surface area contributed by atoms with Gasteiger partial charge in [0.2, 0.25) is 5.91 Å². The summed E-state index contributed by atoms with van der Waals surface area (Å²) >= 11 is 0. The molecule has 0 atom stereocenters. The third-order valence-electron chi connectivity index (χ3n) is 4.25. The Morgan fingerprint density at radius 2 is 2.00 bits per heavy atom. The molecule has 0 aromatic heterocycles. The Morgan fingerprint density at radius 1 is 1.25 bits per heavy atom. The number of piperidine rings is 1. The lowest BCUT2D eigenvalue weighted by Gasteiger charge is -2.30. The van der Waals surface area contributed by atoms with E-state index in [2.05, 4.69) is 5.32 Å². The number of fused-ring (bicyclic) bond motifs is 1. The Bertz CT molecular complexity index is 548. The summed E-state index contributed by atoms with van der Waals surface area (Å²) in [5.41, 5.74) is 8.37. The highest BCUT2D eigenvalue weighted by Gasteiger charge is 2.26. The van der Waals surface area contributed by atoms with E-state index in [1.165, 1.54) is 5.56 Å². The monoisotopic (exact) mass is 273 g/mol. The van der Waals surface area contributed by atoms with Gasteiger partial charge in [0.25, 0.3) is 5.91 Å². The molecule has 2 heterocycles. The molecule has 0 aliphatic carbocycles. The molecule has 106 valence electrons. The molecule has 3 N–H and O–H groups in total. The van der Waals surface area contributed by atoms with Crippen LogP contribution in [0.25, 0.3) is 0 Å². The van der Waals surface area contributed by atoms with E-state index < -0.39 is 0 Å². The van der Waals surface area contributed by atoms with Crippen molar-refractivity contribution in [3.63, 3.8) is 0 Å². The van der Waals surface area contributed by atoms with Crippen LogP contribution in [-0.2, 0) is 11.2 Å². The lowest BCUT2D eigenvalue weighted by Crippen LogP contribution is -2.41. The number of carbonyl (C=O) groups excluding carboxylic acids is 2. The summed E-state index contributed by atoms with van der Waals surface area (Å²) in [7, 11) is 0. The summed E-state index contributed by atoms with van der Waals surface area (Å²) in [4.78, 5) is 25.4. The van der Waals surface area contributed by atoms with Gasteiger partial charge in [-0.1, -0.05) is 6.07 Å². The fourth-order valence-electron chi connectivity index (χ4n) is 2.97. The highest BCUT2D eigenvalue weighted by Crippen LogP contribution is 2.25. The van der Waals surface area contributed by atoms with E-state index in [0.717, 1.165) is 24.2 Å². The van der Waals surface area contributed by atoms with Crippen LogP contribution in [0, 0.1) is 5.92 Å². The maximum absolute atomic E-state index is 12.5. The maximum atomic E-state index is 12.5. The molecule has 0 spiro atoms. The number of hydrogen-bond donors (Lipinski definition) is 2. The Labute approximate surface area is 118 Å². The largest absolute Gasteiger partial charge is 0.384 e. The summed E-state index contributed by atoms with van der Waals surface area (Å²) in [6.45, 7) is 2.16. The van der Waals surface area contributed by atoms with Gasteiger partial charge in [0.15, 0.2) is 0 Å². The van der Waals surface area contributed by atoms with Gasteiger partial charge in [-0.25, -0.2) is 0 Å². The SMILES string of the molecule is NC(=O)C1CCN(C(=O)c2ccc3c(c2)NCC3)CC1. The highest BCUT2D eigenvalue weighted by atomic mass is 16.2. The van der Waals surface area contributed by atoms with Crippen LogP contribution in [-0.4, -0.2) is 36.3 Å². The first-order valence-corrected chi connectivity index (χ1v) is 7.10. The van der Waals surface area contributed by atoms with Crippen LogP contribution < -0.4 is 11.1 Å². The molecule has 5 nitrogen and oxygen atoms in total. The minimum atomic E-state index is -0.251. The molecule has 0 saturated carbocycles. The molecular weight excluding hydrogens is 254 g/mol. The van der Waals surface area contributed by atoms with Crippen LogP contribution in [0.2, 0.25) is 0 Å². The minimum Gasteiger partial charge on any atom is -0.384 e. The Kier molecular flexibility index (Phi) is 3.34. The normalized spacial score (nSPS) is 18.5. The lowest BCUT2D eigenvalue weighted by molar-refractivity contribution is -0.123. The number of amides is 2. The predicted molar refractivity (Wildman–Crippen MR) is 76.5 cm³/mol. The first-order valence-electron chi connectivity index (χ1n) is 7.10. The molecule has 5 heteroatoms. The molecule has 20 heavy (non-hydrogen) atoms. The van der Waals surface area contributed by atoms with Crippen LogP contribution >= 0.6 is 0 Å². The average molecular weight is 273 g/mol. The van der Waals surface area contributed by atoms with Crippen LogP contribution in [0.15, 0.2) is 18.2 Å². The van der Waals surface area contributed by atoms with Gasteiger partial charge in [0.05, 0.1) is 0 Å². The molecule has 3 rings (SSSR count). The number of likely N-dealkylation sites (tertiary alicyclic amines) is 1. The van der Waals surface area contributed by atoms with Gasteiger partial charge >= 0.3 is 0 Å². The minimum absolute atomic E-state index is 0.0458. The molecule has 1 fully saturated rings. The molecule has 0 radical (unpaired) electrons. The Balaban J connectivity index is 1.69. The van der Waals surface area contributed by atoms with Gasteiger partial charge in [-0.3, -0.25) is 9.59 Å². The van der Waals surface area contributed by atoms with Gasteiger partial charge in [-0.15, -0.1) is 0 Å². The third-order valence-corrected chi connectivity index (χ3v) is 4.25. The van der Waals surface area contributed by atoms with Crippen molar-refractivity contribution in [2.24, 2.45) is 11.7 Å². The molecule has 2 amide bonds. The Hall–Kier alpha value is -2.04. The predicted octanol–water partition coefficient (Wildman–Crippen LogP) is 0.992. The highest BCUT2D eigenvalue weighted by molar-refractivity contribution is 5.95. The molecule has 0 bridgehead atoms. The summed E-state index contributed by atoms with van der Waals surface area (Å²) in [6.07, 6.45) is 2.36. The number of nitrogens with zero attached hydrogens (tertiary/aromatic N) is 1. The number of rotatable bonds is 2. The van der Waals surface area contributed by atoms with Gasteiger partial charge < -0.3 is 16.0 Å². The van der Waals surface area contributed by atoms with Crippen molar-refractivity contribution in [3.05, 3.63) is 29.3 Å². The van der Waals surface area contributed by atoms with E-state index in [4.69, 9.17) is 5.73 Å². The van der Waals surface area contributed by atoms with Gasteiger partial charge in [-0.2, -0.15) is 0 Å². The number of nitrogens with two attached hydrogens (primary N) is 1. The van der Waals surface area contributed by atoms with E-state index in [1.807, 2.05) is 23.1 Å². The summed E-state index contributed by atoms with van der Waals surface area (Å²) in [6, 6.07) is 5.86. The maximum Gasteiger partial charge on any atom is 0.253 e. The standard InChI is InChI=1S/C15H19N3O2/c16-14(19)11-4-7-18(8-5-11)15(20)12-2-1-10-3-6-17-13(10)9-12/h1-2,9,11,17H,3-8H2,(H2,16,19). The second-order valence-corrected chi connectivity index (χ2v) is 5.52. The van der Waals surface area contributed by atoms with Gasteiger partial charge in [0.1, 0.15) is 0 Å². The molecule has 1 aromatic rings. The van der Waals surface area contributed by atoms with Crippen LogP contribution in [0.3, 0.4) is 0 Å². The topological polar surface area (TPSA) is 75.4 Å². The molecule has 1 saturated heterocycles. The molecular formula is C15H19N3O2. The number of primary amides is 1. The number of benzene rings is 1. The van der Waals surface area contributed by atoms with Crippen molar-refractivity contribution in [1.29, 1.82) is 0 Å². The van der Waals surface area contributed by atoms with E-state index >= 15 is 0 Å². The van der Waals surface area contributed by atoms with E-state index in [1.54, 1.807) is 0 Å². The van der Waals surface area contributed by atoms with E-state index in [9.17, 15) is 9.59 Å². The molecule has 2 aliphatic heterocycles. The van der Waals surface area contributed by atoms with Crippen molar-refractivity contribution in [2.75, 3.05) is 25.0 Å². The summed E-state index contributed by atoms with van der Waals surface area (Å²) in [5.74, 6) is -0.288. The summed E-state index contributed by atoms with van der Waals surface area (Å²) < 4.78 is 0. The first-order chi connectivity index (χ1) is 9.65. The van der Waals surface area contributed by atoms with Gasteiger partial charge in [0, 0.05) is 36.8 Å². The number of nitrogens with one attached hydrogen (secondary N) is 1. The molecule has 0 unspecified atom stereocenters.